The summed E-state index contributed by atoms with van der Waals surface area (Å²) in [5.41, 5.74) is 6.37. The van der Waals surface area contributed by atoms with E-state index in [1.54, 1.807) is 0 Å². The van der Waals surface area contributed by atoms with Crippen LogP contribution < -0.4 is 5.73 Å². The van der Waals surface area contributed by atoms with E-state index in [0.29, 0.717) is 5.41 Å². The first kappa shape index (κ1) is 10.4. The van der Waals surface area contributed by atoms with Gasteiger partial charge >= 0.3 is 0 Å². The van der Waals surface area contributed by atoms with Gasteiger partial charge in [0, 0.05) is 13.2 Å². The summed E-state index contributed by atoms with van der Waals surface area (Å²) in [4.78, 5) is 0. The Morgan fingerprint density at radius 1 is 1.21 bits per heavy atom. The molecule has 1 unspecified atom stereocenters. The zero-order valence-corrected chi connectivity index (χ0v) is 9.30. The normalized spacial score (nSPS) is 28.7. The van der Waals surface area contributed by atoms with Gasteiger partial charge in [-0.25, -0.2) is 0 Å². The van der Waals surface area contributed by atoms with Crippen LogP contribution in [0.1, 0.15) is 39.0 Å². The Balaban J connectivity index is 1.86. The van der Waals surface area contributed by atoms with Crippen molar-refractivity contribution in [3.05, 3.63) is 0 Å². The maximum absolute atomic E-state index is 5.93. The van der Waals surface area contributed by atoms with E-state index < -0.39 is 0 Å². The van der Waals surface area contributed by atoms with Gasteiger partial charge in [-0.3, -0.25) is 0 Å². The maximum atomic E-state index is 5.93. The molecule has 14 heavy (non-hydrogen) atoms. The van der Waals surface area contributed by atoms with E-state index in [0.717, 1.165) is 31.6 Å². The lowest BCUT2D eigenvalue weighted by Crippen LogP contribution is -2.33. The van der Waals surface area contributed by atoms with Crippen LogP contribution in [0.3, 0.4) is 0 Å². The minimum absolute atomic E-state index is 0.433. The standard InChI is InChI=1S/C12H23NO/c1-12(9-13,11-2-3-11)8-10-4-6-14-7-5-10/h10-11H,2-9,13H2,1H3. The number of hydrogen-bond donors (Lipinski definition) is 1. The lowest BCUT2D eigenvalue weighted by atomic mass is 9.75. The average molecular weight is 197 g/mol. The molecule has 1 atom stereocenters. The molecule has 1 saturated carbocycles. The van der Waals surface area contributed by atoms with Crippen molar-refractivity contribution >= 4 is 0 Å². The van der Waals surface area contributed by atoms with Crippen molar-refractivity contribution in [2.24, 2.45) is 23.0 Å². The zero-order chi connectivity index (χ0) is 10.0. The van der Waals surface area contributed by atoms with Gasteiger partial charge in [-0.2, -0.15) is 0 Å². The Morgan fingerprint density at radius 2 is 1.86 bits per heavy atom. The quantitative estimate of drug-likeness (QED) is 0.749. The van der Waals surface area contributed by atoms with E-state index >= 15 is 0 Å². The summed E-state index contributed by atoms with van der Waals surface area (Å²) in [6.45, 7) is 5.20. The van der Waals surface area contributed by atoms with E-state index in [9.17, 15) is 0 Å². The van der Waals surface area contributed by atoms with Gasteiger partial charge in [0.2, 0.25) is 0 Å². The van der Waals surface area contributed by atoms with Gasteiger partial charge in [-0.05, 0) is 55.9 Å². The zero-order valence-electron chi connectivity index (χ0n) is 9.30. The molecule has 0 aromatic rings. The van der Waals surface area contributed by atoms with E-state index in [2.05, 4.69) is 6.92 Å². The first-order chi connectivity index (χ1) is 6.74. The third-order valence-corrected chi connectivity index (χ3v) is 4.13. The minimum Gasteiger partial charge on any atom is -0.381 e. The summed E-state index contributed by atoms with van der Waals surface area (Å²) in [5, 5.41) is 0. The van der Waals surface area contributed by atoms with Crippen LogP contribution >= 0.6 is 0 Å². The second-order valence-corrected chi connectivity index (χ2v) is 5.39. The molecule has 0 amide bonds. The molecule has 2 heteroatoms. The third kappa shape index (κ3) is 2.29. The van der Waals surface area contributed by atoms with Crippen molar-refractivity contribution < 1.29 is 4.74 Å². The van der Waals surface area contributed by atoms with Crippen LogP contribution in [0.2, 0.25) is 0 Å². The molecule has 0 aromatic heterocycles. The van der Waals surface area contributed by atoms with Gasteiger partial charge in [-0.15, -0.1) is 0 Å². The van der Waals surface area contributed by atoms with Gasteiger partial charge < -0.3 is 10.5 Å². The highest BCUT2D eigenvalue weighted by molar-refractivity contribution is 4.93. The van der Waals surface area contributed by atoms with Crippen molar-refractivity contribution in [2.45, 2.75) is 39.0 Å². The Morgan fingerprint density at radius 3 is 2.36 bits per heavy atom. The van der Waals surface area contributed by atoms with E-state index in [-0.39, 0.29) is 0 Å². The molecule has 1 aliphatic carbocycles. The molecule has 2 aliphatic rings. The summed E-state index contributed by atoms with van der Waals surface area (Å²) in [6, 6.07) is 0. The number of nitrogens with two attached hydrogens (primary N) is 1. The number of ether oxygens (including phenoxy) is 1. The van der Waals surface area contributed by atoms with Crippen molar-refractivity contribution in [1.82, 2.24) is 0 Å². The molecule has 2 N–H and O–H groups in total. The Bertz CT molecular complexity index is 185. The fourth-order valence-electron chi connectivity index (χ4n) is 2.81. The molecule has 0 spiro atoms. The summed E-state index contributed by atoms with van der Waals surface area (Å²) >= 11 is 0. The summed E-state index contributed by atoms with van der Waals surface area (Å²) < 4.78 is 5.39. The Labute approximate surface area is 87.2 Å². The fraction of sp³-hybridized carbons (Fsp3) is 1.00. The number of rotatable bonds is 4. The average Bonchev–Trinajstić information content (AvgIpc) is 3.03. The highest BCUT2D eigenvalue weighted by Gasteiger charge is 2.41. The fourth-order valence-corrected chi connectivity index (χ4v) is 2.81. The van der Waals surface area contributed by atoms with Gasteiger partial charge in [-0.1, -0.05) is 6.92 Å². The Kier molecular flexibility index (Phi) is 3.13. The maximum Gasteiger partial charge on any atom is 0.0468 e. The molecular weight excluding hydrogens is 174 g/mol. The Hall–Kier alpha value is -0.0800. The van der Waals surface area contributed by atoms with Crippen molar-refractivity contribution in [3.8, 4) is 0 Å². The first-order valence-corrected chi connectivity index (χ1v) is 6.02. The molecule has 1 heterocycles. The molecule has 2 nitrogen and oxygen atoms in total. The summed E-state index contributed by atoms with van der Waals surface area (Å²) in [6.07, 6.45) is 6.66. The van der Waals surface area contributed by atoms with Crippen molar-refractivity contribution in [2.75, 3.05) is 19.8 Å². The highest BCUT2D eigenvalue weighted by Crippen LogP contribution is 2.49. The van der Waals surface area contributed by atoms with E-state index in [1.807, 2.05) is 0 Å². The SMILES string of the molecule is CC(CN)(CC1CCOCC1)C1CC1. The van der Waals surface area contributed by atoms with Crippen LogP contribution in [0.15, 0.2) is 0 Å². The molecule has 0 radical (unpaired) electrons. The van der Waals surface area contributed by atoms with Crippen LogP contribution in [0, 0.1) is 17.3 Å². The third-order valence-electron chi connectivity index (χ3n) is 4.13. The smallest absolute Gasteiger partial charge is 0.0468 e. The second kappa shape index (κ2) is 4.19. The molecule has 2 rings (SSSR count). The van der Waals surface area contributed by atoms with Gasteiger partial charge in [0.05, 0.1) is 0 Å². The van der Waals surface area contributed by atoms with Crippen LogP contribution in [0.5, 0.6) is 0 Å². The van der Waals surface area contributed by atoms with Crippen LogP contribution in [0.25, 0.3) is 0 Å². The summed E-state index contributed by atoms with van der Waals surface area (Å²) in [7, 11) is 0. The lowest BCUT2D eigenvalue weighted by molar-refractivity contribution is 0.0466. The van der Waals surface area contributed by atoms with Crippen LogP contribution in [-0.2, 0) is 4.74 Å². The second-order valence-electron chi connectivity index (χ2n) is 5.39. The van der Waals surface area contributed by atoms with E-state index in [1.165, 1.54) is 32.1 Å². The van der Waals surface area contributed by atoms with Gasteiger partial charge in [0.1, 0.15) is 0 Å². The molecule has 0 aromatic carbocycles. The topological polar surface area (TPSA) is 35.2 Å². The highest BCUT2D eigenvalue weighted by atomic mass is 16.5. The number of hydrogen-bond acceptors (Lipinski definition) is 2. The largest absolute Gasteiger partial charge is 0.381 e. The predicted octanol–water partition coefficient (Wildman–Crippen LogP) is 2.18. The lowest BCUT2D eigenvalue weighted by Gasteiger charge is -2.34. The van der Waals surface area contributed by atoms with Crippen LogP contribution in [0.4, 0.5) is 0 Å². The van der Waals surface area contributed by atoms with Crippen molar-refractivity contribution in [3.63, 3.8) is 0 Å². The molecule has 1 saturated heterocycles. The predicted molar refractivity (Wildman–Crippen MR) is 58.0 cm³/mol. The van der Waals surface area contributed by atoms with Gasteiger partial charge in [0.15, 0.2) is 0 Å². The molecule has 1 aliphatic heterocycles. The van der Waals surface area contributed by atoms with Gasteiger partial charge in [0.25, 0.3) is 0 Å². The first-order valence-electron chi connectivity index (χ1n) is 6.02. The minimum atomic E-state index is 0.433. The van der Waals surface area contributed by atoms with Crippen molar-refractivity contribution in [1.29, 1.82) is 0 Å². The molecule has 82 valence electrons. The molecule has 2 fully saturated rings. The monoisotopic (exact) mass is 197 g/mol. The molecular formula is C12H23NO. The van der Waals surface area contributed by atoms with Crippen LogP contribution in [-0.4, -0.2) is 19.8 Å². The van der Waals surface area contributed by atoms with E-state index in [4.69, 9.17) is 10.5 Å². The summed E-state index contributed by atoms with van der Waals surface area (Å²) in [5.74, 6) is 1.80. The molecule has 0 bridgehead atoms.